The quantitative estimate of drug-likeness (QED) is 0.933. The lowest BCUT2D eigenvalue weighted by Crippen LogP contribution is -2.56. The molecule has 3 rings (SSSR count). The molecular weight excluding hydrogens is 260 g/mol. The highest BCUT2D eigenvalue weighted by atomic mass is 15.3. The summed E-state index contributed by atoms with van der Waals surface area (Å²) >= 11 is 0. The molecule has 1 aromatic heterocycles. The smallest absolute Gasteiger partial charge is 0.0659 e. The molecule has 0 saturated carbocycles. The van der Waals surface area contributed by atoms with Gasteiger partial charge in [0.05, 0.1) is 12.7 Å². The van der Waals surface area contributed by atoms with Crippen LogP contribution >= 0.6 is 0 Å². The molecule has 112 valence electrons. The molecule has 0 bridgehead atoms. The SMILES string of the molecule is CC1(C)CN(Cc2cnn(Cc3ccccc3)c2)CCN1. The Hall–Kier alpha value is -1.65. The van der Waals surface area contributed by atoms with Gasteiger partial charge in [0.25, 0.3) is 0 Å². The molecule has 1 saturated heterocycles. The molecule has 1 aromatic carbocycles. The molecule has 2 aromatic rings. The van der Waals surface area contributed by atoms with Gasteiger partial charge in [-0.2, -0.15) is 5.10 Å². The van der Waals surface area contributed by atoms with Crippen molar-refractivity contribution in [3.63, 3.8) is 0 Å². The van der Waals surface area contributed by atoms with Gasteiger partial charge in [-0.25, -0.2) is 0 Å². The van der Waals surface area contributed by atoms with Gasteiger partial charge in [-0.3, -0.25) is 9.58 Å². The molecule has 0 atom stereocenters. The number of nitrogens with zero attached hydrogens (tertiary/aromatic N) is 3. The summed E-state index contributed by atoms with van der Waals surface area (Å²) in [6.07, 6.45) is 4.17. The highest BCUT2D eigenvalue weighted by Crippen LogP contribution is 2.13. The Morgan fingerprint density at radius 1 is 1.14 bits per heavy atom. The minimum Gasteiger partial charge on any atom is -0.309 e. The first-order chi connectivity index (χ1) is 10.1. The van der Waals surface area contributed by atoms with Crippen molar-refractivity contribution in [3.8, 4) is 0 Å². The van der Waals surface area contributed by atoms with Crippen LogP contribution < -0.4 is 5.32 Å². The van der Waals surface area contributed by atoms with E-state index in [2.05, 4.69) is 59.6 Å². The number of nitrogens with one attached hydrogen (secondary N) is 1. The highest BCUT2D eigenvalue weighted by molar-refractivity contribution is 5.15. The lowest BCUT2D eigenvalue weighted by atomic mass is 10.0. The lowest BCUT2D eigenvalue weighted by molar-refractivity contribution is 0.148. The van der Waals surface area contributed by atoms with E-state index in [1.54, 1.807) is 0 Å². The first kappa shape index (κ1) is 14.3. The van der Waals surface area contributed by atoms with Gasteiger partial charge in [-0.15, -0.1) is 0 Å². The Balaban J connectivity index is 1.60. The van der Waals surface area contributed by atoms with Crippen LogP contribution in [0.1, 0.15) is 25.0 Å². The summed E-state index contributed by atoms with van der Waals surface area (Å²) < 4.78 is 2.03. The van der Waals surface area contributed by atoms with Crippen molar-refractivity contribution in [2.75, 3.05) is 19.6 Å². The second-order valence-electron chi connectivity index (χ2n) is 6.55. The van der Waals surface area contributed by atoms with Gasteiger partial charge in [0.2, 0.25) is 0 Å². The molecular formula is C17H24N4. The minimum absolute atomic E-state index is 0.207. The Kier molecular flexibility index (Phi) is 4.08. The van der Waals surface area contributed by atoms with E-state index < -0.39 is 0 Å². The van der Waals surface area contributed by atoms with Crippen molar-refractivity contribution in [2.24, 2.45) is 0 Å². The van der Waals surface area contributed by atoms with Crippen molar-refractivity contribution >= 4 is 0 Å². The molecule has 1 fully saturated rings. The van der Waals surface area contributed by atoms with Crippen molar-refractivity contribution < 1.29 is 0 Å². The molecule has 0 unspecified atom stereocenters. The number of piperazine rings is 1. The van der Waals surface area contributed by atoms with Gasteiger partial charge in [-0.05, 0) is 19.4 Å². The van der Waals surface area contributed by atoms with Gasteiger partial charge < -0.3 is 5.32 Å². The summed E-state index contributed by atoms with van der Waals surface area (Å²) in [5, 5.41) is 8.04. The number of hydrogen-bond acceptors (Lipinski definition) is 3. The first-order valence-electron chi connectivity index (χ1n) is 7.63. The third-order valence-corrected chi connectivity index (χ3v) is 3.93. The molecule has 0 amide bonds. The zero-order valence-electron chi connectivity index (χ0n) is 12.9. The summed E-state index contributed by atoms with van der Waals surface area (Å²) in [6.45, 7) is 9.60. The number of benzene rings is 1. The van der Waals surface area contributed by atoms with Crippen molar-refractivity contribution in [1.82, 2.24) is 20.0 Å². The second kappa shape index (κ2) is 6.00. The van der Waals surface area contributed by atoms with Gasteiger partial charge in [0.1, 0.15) is 0 Å². The van der Waals surface area contributed by atoms with E-state index in [-0.39, 0.29) is 5.54 Å². The van der Waals surface area contributed by atoms with E-state index in [1.807, 2.05) is 16.9 Å². The summed E-state index contributed by atoms with van der Waals surface area (Å²) in [5.74, 6) is 0. The second-order valence-corrected chi connectivity index (χ2v) is 6.55. The normalized spacial score (nSPS) is 18.8. The first-order valence-corrected chi connectivity index (χ1v) is 7.63. The Morgan fingerprint density at radius 2 is 1.95 bits per heavy atom. The Morgan fingerprint density at radius 3 is 2.71 bits per heavy atom. The maximum absolute atomic E-state index is 4.49. The van der Waals surface area contributed by atoms with Crippen LogP contribution in [-0.4, -0.2) is 39.9 Å². The monoisotopic (exact) mass is 284 g/mol. The minimum atomic E-state index is 0.207. The lowest BCUT2D eigenvalue weighted by Gasteiger charge is -2.38. The van der Waals surface area contributed by atoms with E-state index in [1.165, 1.54) is 11.1 Å². The van der Waals surface area contributed by atoms with Crippen molar-refractivity contribution in [3.05, 3.63) is 53.9 Å². The molecule has 1 aliphatic rings. The molecule has 4 nitrogen and oxygen atoms in total. The van der Waals surface area contributed by atoms with Gasteiger partial charge in [0, 0.05) is 43.5 Å². The Labute approximate surface area is 126 Å². The summed E-state index contributed by atoms with van der Waals surface area (Å²) in [7, 11) is 0. The van der Waals surface area contributed by atoms with Crippen LogP contribution in [0.15, 0.2) is 42.7 Å². The average Bonchev–Trinajstić information content (AvgIpc) is 2.86. The van der Waals surface area contributed by atoms with Crippen molar-refractivity contribution in [1.29, 1.82) is 0 Å². The zero-order valence-corrected chi connectivity index (χ0v) is 12.9. The van der Waals surface area contributed by atoms with Crippen LogP contribution in [0.25, 0.3) is 0 Å². The van der Waals surface area contributed by atoms with E-state index in [0.717, 1.165) is 32.7 Å². The molecule has 0 spiro atoms. The molecule has 0 radical (unpaired) electrons. The van der Waals surface area contributed by atoms with E-state index >= 15 is 0 Å². The summed E-state index contributed by atoms with van der Waals surface area (Å²) in [6, 6.07) is 10.5. The number of rotatable bonds is 4. The van der Waals surface area contributed by atoms with Crippen LogP contribution in [0.2, 0.25) is 0 Å². The molecule has 2 heterocycles. The predicted molar refractivity (Wildman–Crippen MR) is 85.1 cm³/mol. The van der Waals surface area contributed by atoms with Gasteiger partial charge in [0.15, 0.2) is 0 Å². The van der Waals surface area contributed by atoms with E-state index in [4.69, 9.17) is 0 Å². The predicted octanol–water partition coefficient (Wildman–Crippen LogP) is 2.12. The van der Waals surface area contributed by atoms with E-state index in [0.29, 0.717) is 0 Å². The van der Waals surface area contributed by atoms with Crippen LogP contribution in [0.3, 0.4) is 0 Å². The van der Waals surface area contributed by atoms with Crippen LogP contribution in [0.5, 0.6) is 0 Å². The third-order valence-electron chi connectivity index (χ3n) is 3.93. The third kappa shape index (κ3) is 3.93. The van der Waals surface area contributed by atoms with Crippen LogP contribution in [0, 0.1) is 0 Å². The molecule has 0 aliphatic carbocycles. The zero-order chi connectivity index (χ0) is 14.7. The maximum atomic E-state index is 4.49. The standard InChI is InChI=1S/C17H24N4/c1-17(2)14-20(9-8-18-17)11-16-10-19-21(13-16)12-15-6-4-3-5-7-15/h3-7,10,13,18H,8-9,11-12,14H2,1-2H3. The number of hydrogen-bond donors (Lipinski definition) is 1. The molecule has 1 N–H and O–H groups in total. The summed E-state index contributed by atoms with van der Waals surface area (Å²) in [5.41, 5.74) is 2.79. The average molecular weight is 284 g/mol. The van der Waals surface area contributed by atoms with Crippen LogP contribution in [-0.2, 0) is 13.1 Å². The van der Waals surface area contributed by atoms with Gasteiger partial charge >= 0.3 is 0 Å². The fourth-order valence-electron chi connectivity index (χ4n) is 2.98. The molecule has 21 heavy (non-hydrogen) atoms. The molecule has 4 heteroatoms. The van der Waals surface area contributed by atoms with E-state index in [9.17, 15) is 0 Å². The van der Waals surface area contributed by atoms with Gasteiger partial charge in [-0.1, -0.05) is 30.3 Å². The Bertz CT molecular complexity index is 573. The highest BCUT2D eigenvalue weighted by Gasteiger charge is 2.25. The summed E-state index contributed by atoms with van der Waals surface area (Å²) in [4.78, 5) is 2.50. The molecule has 1 aliphatic heterocycles. The fraction of sp³-hybridized carbons (Fsp3) is 0.471. The largest absolute Gasteiger partial charge is 0.309 e. The fourth-order valence-corrected chi connectivity index (χ4v) is 2.98. The maximum Gasteiger partial charge on any atom is 0.0659 e. The van der Waals surface area contributed by atoms with Crippen molar-refractivity contribution in [2.45, 2.75) is 32.5 Å². The topological polar surface area (TPSA) is 33.1 Å². The number of aromatic nitrogens is 2. The van der Waals surface area contributed by atoms with Crippen LogP contribution in [0.4, 0.5) is 0 Å².